The molecular weight excluding hydrogens is 320 g/mol. The first-order valence-corrected chi connectivity index (χ1v) is 9.65. The number of likely N-dealkylation sites (tertiary alicyclic amines) is 1. The number of hydrogen-bond donors (Lipinski definition) is 0. The molecule has 6 heteroatoms. The normalized spacial score (nSPS) is 21.2. The summed E-state index contributed by atoms with van der Waals surface area (Å²) >= 11 is 1.64. The van der Waals surface area contributed by atoms with Gasteiger partial charge in [-0.3, -0.25) is 4.79 Å². The lowest BCUT2D eigenvalue weighted by molar-refractivity contribution is -0.127. The number of carbonyl (C=O) groups is 1. The monoisotopic (exact) mass is 342 g/mol. The van der Waals surface area contributed by atoms with Crippen LogP contribution in [0.3, 0.4) is 0 Å². The van der Waals surface area contributed by atoms with Crippen molar-refractivity contribution < 1.29 is 4.79 Å². The molecule has 1 amide bonds. The molecule has 0 aliphatic carbocycles. The number of carbonyl (C=O) groups excluding carboxylic acids is 1. The number of aryl methyl sites for hydroxylation is 1. The van der Waals surface area contributed by atoms with Gasteiger partial charge in [0.1, 0.15) is 5.82 Å². The lowest BCUT2D eigenvalue weighted by Gasteiger charge is -2.23. The number of aromatic nitrogens is 3. The minimum atomic E-state index is 0.0739. The van der Waals surface area contributed by atoms with Crippen LogP contribution in [0.25, 0.3) is 6.08 Å². The predicted octanol–water partition coefficient (Wildman–Crippen LogP) is 3.44. The van der Waals surface area contributed by atoms with E-state index in [2.05, 4.69) is 14.8 Å². The number of hydrogen-bond acceptors (Lipinski definition) is 4. The first kappa shape index (κ1) is 15.6. The number of nitrogens with zero attached hydrogens (tertiary/aromatic N) is 4. The molecule has 1 fully saturated rings. The average Bonchev–Trinajstić information content (AvgIpc) is 3.31. The van der Waals surface area contributed by atoms with Crippen LogP contribution in [0.2, 0.25) is 0 Å². The van der Waals surface area contributed by atoms with Gasteiger partial charge in [-0.25, -0.2) is 0 Å². The molecule has 4 rings (SSSR count). The average molecular weight is 342 g/mol. The summed E-state index contributed by atoms with van der Waals surface area (Å²) in [6, 6.07) is 4.10. The molecule has 0 radical (unpaired) electrons. The summed E-state index contributed by atoms with van der Waals surface area (Å²) in [5, 5.41) is 10.9. The van der Waals surface area contributed by atoms with Gasteiger partial charge in [0.05, 0.1) is 6.04 Å². The Labute approximate surface area is 146 Å². The molecule has 2 aromatic heterocycles. The molecule has 126 valence electrons. The zero-order chi connectivity index (χ0) is 16.4. The summed E-state index contributed by atoms with van der Waals surface area (Å²) in [5.41, 5.74) is 0. The topological polar surface area (TPSA) is 51.0 Å². The predicted molar refractivity (Wildman–Crippen MR) is 94.6 cm³/mol. The maximum atomic E-state index is 12.7. The Hall–Kier alpha value is -1.95. The van der Waals surface area contributed by atoms with Gasteiger partial charge in [0.15, 0.2) is 5.82 Å². The smallest absolute Gasteiger partial charge is 0.247 e. The Balaban J connectivity index is 1.55. The molecule has 0 N–H and O–H groups in total. The van der Waals surface area contributed by atoms with Gasteiger partial charge in [-0.05, 0) is 43.2 Å². The number of thiophene rings is 1. The van der Waals surface area contributed by atoms with E-state index in [1.54, 1.807) is 17.4 Å². The third-order valence-electron chi connectivity index (χ3n) is 4.91. The van der Waals surface area contributed by atoms with Crippen molar-refractivity contribution in [2.75, 3.05) is 6.54 Å². The summed E-state index contributed by atoms with van der Waals surface area (Å²) in [6.07, 6.45) is 10.2. The summed E-state index contributed by atoms with van der Waals surface area (Å²) in [5.74, 6) is 2.16. The molecule has 4 heterocycles. The van der Waals surface area contributed by atoms with Crippen LogP contribution in [0, 0.1) is 0 Å². The Kier molecular flexibility index (Phi) is 4.47. The van der Waals surface area contributed by atoms with Gasteiger partial charge in [0.2, 0.25) is 5.91 Å². The summed E-state index contributed by atoms with van der Waals surface area (Å²) in [7, 11) is 0. The fourth-order valence-electron chi connectivity index (χ4n) is 3.69. The molecule has 1 saturated heterocycles. The lowest BCUT2D eigenvalue weighted by Crippen LogP contribution is -2.30. The molecule has 0 saturated carbocycles. The first-order valence-electron chi connectivity index (χ1n) is 8.77. The quantitative estimate of drug-likeness (QED) is 0.803. The fraction of sp³-hybridized carbons (Fsp3) is 0.500. The molecule has 0 aromatic carbocycles. The van der Waals surface area contributed by atoms with E-state index in [4.69, 9.17) is 0 Å². The van der Waals surface area contributed by atoms with Gasteiger partial charge < -0.3 is 9.47 Å². The SMILES string of the molecule is O=C(/C=C/c1cccs1)N1CCCC1c1nnc2n1CCCCC2. The van der Waals surface area contributed by atoms with Gasteiger partial charge in [-0.2, -0.15) is 0 Å². The molecule has 5 nitrogen and oxygen atoms in total. The minimum Gasteiger partial charge on any atom is -0.329 e. The molecule has 2 aliphatic rings. The van der Waals surface area contributed by atoms with Gasteiger partial charge in [0, 0.05) is 30.5 Å². The van der Waals surface area contributed by atoms with E-state index in [0.29, 0.717) is 0 Å². The number of rotatable bonds is 3. The fourth-order valence-corrected chi connectivity index (χ4v) is 4.31. The van der Waals surface area contributed by atoms with E-state index in [0.717, 1.165) is 48.9 Å². The standard InChI is InChI=1S/C18H22N4OS/c23-17(10-9-14-6-5-13-24-14)21-12-4-7-15(21)18-20-19-16-8-2-1-3-11-22(16)18/h5-6,9-10,13,15H,1-4,7-8,11-12H2/b10-9+. The van der Waals surface area contributed by atoms with Crippen molar-refractivity contribution in [3.05, 3.63) is 40.1 Å². The summed E-state index contributed by atoms with van der Waals surface area (Å²) in [4.78, 5) is 15.7. The lowest BCUT2D eigenvalue weighted by atomic mass is 10.2. The van der Waals surface area contributed by atoms with E-state index < -0.39 is 0 Å². The maximum absolute atomic E-state index is 12.7. The highest BCUT2D eigenvalue weighted by molar-refractivity contribution is 7.10. The van der Waals surface area contributed by atoms with Crippen molar-refractivity contribution in [3.63, 3.8) is 0 Å². The largest absolute Gasteiger partial charge is 0.329 e. The molecule has 0 bridgehead atoms. The van der Waals surface area contributed by atoms with Crippen LogP contribution >= 0.6 is 11.3 Å². The van der Waals surface area contributed by atoms with E-state index in [9.17, 15) is 4.79 Å². The molecule has 2 aliphatic heterocycles. The minimum absolute atomic E-state index is 0.0739. The Morgan fingerprint density at radius 2 is 2.17 bits per heavy atom. The van der Waals surface area contributed by atoms with Gasteiger partial charge in [-0.15, -0.1) is 21.5 Å². The Morgan fingerprint density at radius 1 is 1.21 bits per heavy atom. The molecule has 2 aromatic rings. The van der Waals surface area contributed by atoms with Crippen molar-refractivity contribution >= 4 is 23.3 Å². The highest BCUT2D eigenvalue weighted by Crippen LogP contribution is 2.32. The van der Waals surface area contributed by atoms with Crippen LogP contribution in [-0.4, -0.2) is 32.1 Å². The van der Waals surface area contributed by atoms with Gasteiger partial charge >= 0.3 is 0 Å². The van der Waals surface area contributed by atoms with E-state index >= 15 is 0 Å². The zero-order valence-electron chi connectivity index (χ0n) is 13.7. The molecule has 0 spiro atoms. The van der Waals surface area contributed by atoms with Crippen molar-refractivity contribution in [1.29, 1.82) is 0 Å². The third kappa shape index (κ3) is 3.02. The maximum Gasteiger partial charge on any atom is 0.247 e. The third-order valence-corrected chi connectivity index (χ3v) is 5.74. The van der Waals surface area contributed by atoms with E-state index in [1.807, 2.05) is 28.5 Å². The summed E-state index contributed by atoms with van der Waals surface area (Å²) in [6.45, 7) is 1.79. The molecular formula is C18H22N4OS. The van der Waals surface area contributed by atoms with Crippen LogP contribution < -0.4 is 0 Å². The van der Waals surface area contributed by atoms with Crippen LogP contribution in [-0.2, 0) is 17.8 Å². The van der Waals surface area contributed by atoms with Gasteiger partial charge in [0.25, 0.3) is 0 Å². The second kappa shape index (κ2) is 6.89. The van der Waals surface area contributed by atoms with Crippen LogP contribution in [0.5, 0.6) is 0 Å². The Bertz CT molecular complexity index is 734. The highest BCUT2D eigenvalue weighted by Gasteiger charge is 2.33. The second-order valence-electron chi connectivity index (χ2n) is 6.48. The van der Waals surface area contributed by atoms with Gasteiger partial charge in [-0.1, -0.05) is 12.5 Å². The zero-order valence-corrected chi connectivity index (χ0v) is 14.5. The summed E-state index contributed by atoms with van der Waals surface area (Å²) < 4.78 is 2.27. The van der Waals surface area contributed by atoms with Crippen molar-refractivity contribution in [3.8, 4) is 0 Å². The van der Waals surface area contributed by atoms with Crippen LogP contribution in [0.1, 0.15) is 54.7 Å². The van der Waals surface area contributed by atoms with Crippen molar-refractivity contribution in [1.82, 2.24) is 19.7 Å². The van der Waals surface area contributed by atoms with E-state index in [-0.39, 0.29) is 11.9 Å². The van der Waals surface area contributed by atoms with Crippen LogP contribution in [0.15, 0.2) is 23.6 Å². The second-order valence-corrected chi connectivity index (χ2v) is 7.45. The molecule has 24 heavy (non-hydrogen) atoms. The molecule has 1 unspecified atom stereocenters. The van der Waals surface area contributed by atoms with Crippen molar-refractivity contribution in [2.24, 2.45) is 0 Å². The molecule has 1 atom stereocenters. The highest BCUT2D eigenvalue weighted by atomic mass is 32.1. The van der Waals surface area contributed by atoms with E-state index in [1.165, 1.54) is 19.3 Å². The number of amides is 1. The Morgan fingerprint density at radius 3 is 3.04 bits per heavy atom. The number of fused-ring (bicyclic) bond motifs is 1. The van der Waals surface area contributed by atoms with Crippen LogP contribution in [0.4, 0.5) is 0 Å². The first-order chi connectivity index (χ1) is 11.8. The van der Waals surface area contributed by atoms with Crippen molar-refractivity contribution in [2.45, 2.75) is 51.1 Å².